The number of nitrogens with zero attached hydrogens (tertiary/aromatic N) is 1. The maximum Gasteiger partial charge on any atom is 0.302 e. The molecule has 35 heavy (non-hydrogen) atoms. The molecule has 4 aromatic rings. The molecule has 6 nitrogen and oxygen atoms in total. The minimum atomic E-state index is -1.34. The Morgan fingerprint density at radius 1 is 0.914 bits per heavy atom. The van der Waals surface area contributed by atoms with Crippen LogP contribution in [0.15, 0.2) is 65.1 Å². The molecule has 0 spiro atoms. The lowest BCUT2D eigenvalue weighted by Crippen LogP contribution is -2.18. The molecule has 0 bridgehead atoms. The first-order valence-corrected chi connectivity index (χ1v) is 12.1. The summed E-state index contributed by atoms with van der Waals surface area (Å²) in [6.07, 6.45) is 0. The molecule has 1 aliphatic carbocycles. The van der Waals surface area contributed by atoms with Gasteiger partial charge in [0.2, 0.25) is 5.91 Å². The van der Waals surface area contributed by atoms with Crippen LogP contribution in [0.2, 0.25) is 15.1 Å². The van der Waals surface area contributed by atoms with Crippen molar-refractivity contribution in [3.05, 3.63) is 86.9 Å². The van der Waals surface area contributed by atoms with E-state index in [0.717, 1.165) is 0 Å². The second-order valence-electron chi connectivity index (χ2n) is 7.96. The number of hydrogen-bond donors (Lipinski definition) is 2. The van der Waals surface area contributed by atoms with Gasteiger partial charge in [0.1, 0.15) is 9.85 Å². The molecule has 1 aliphatic rings. The molecule has 2 N–H and O–H groups in total. The van der Waals surface area contributed by atoms with Gasteiger partial charge in [-0.1, -0.05) is 46.9 Å². The highest BCUT2D eigenvalue weighted by Gasteiger charge is 2.67. The average Bonchev–Trinajstić information content (AvgIpc) is 3.15. The minimum Gasteiger partial charge on any atom is -0.423 e. The van der Waals surface area contributed by atoms with Gasteiger partial charge in [-0.05, 0) is 54.1 Å². The molecule has 1 heterocycles. The molecular formula is C24H14Cl5N3O3. The number of amides is 2. The third kappa shape index (κ3) is 4.82. The van der Waals surface area contributed by atoms with Gasteiger partial charge < -0.3 is 9.73 Å². The van der Waals surface area contributed by atoms with Gasteiger partial charge in [0, 0.05) is 21.7 Å². The first kappa shape index (κ1) is 24.2. The summed E-state index contributed by atoms with van der Waals surface area (Å²) in [5.74, 6) is -2.24. The van der Waals surface area contributed by atoms with Crippen molar-refractivity contribution in [2.24, 2.45) is 5.92 Å². The van der Waals surface area contributed by atoms with Gasteiger partial charge in [0.05, 0.1) is 16.5 Å². The van der Waals surface area contributed by atoms with Crippen LogP contribution in [-0.4, -0.2) is 21.1 Å². The molecule has 5 rings (SSSR count). The summed E-state index contributed by atoms with van der Waals surface area (Å²) in [7, 11) is 0. The number of aromatic nitrogens is 1. The molecule has 178 valence electrons. The van der Waals surface area contributed by atoms with Gasteiger partial charge in [0.25, 0.3) is 5.91 Å². The third-order valence-corrected chi connectivity index (χ3v) is 7.28. The van der Waals surface area contributed by atoms with Crippen LogP contribution in [0.1, 0.15) is 21.8 Å². The number of anilines is 2. The van der Waals surface area contributed by atoms with E-state index >= 15 is 0 Å². The van der Waals surface area contributed by atoms with Gasteiger partial charge in [-0.15, -0.1) is 23.2 Å². The summed E-state index contributed by atoms with van der Waals surface area (Å²) in [5.41, 5.74) is 2.23. The summed E-state index contributed by atoms with van der Waals surface area (Å²) in [6, 6.07) is 16.5. The Bertz CT molecular complexity index is 1430. The Morgan fingerprint density at radius 3 is 2.34 bits per heavy atom. The molecule has 0 saturated heterocycles. The molecule has 2 atom stereocenters. The van der Waals surface area contributed by atoms with Crippen LogP contribution in [0.3, 0.4) is 0 Å². The number of rotatable bonds is 5. The Kier molecular flexibility index (Phi) is 6.36. The highest BCUT2D eigenvalue weighted by atomic mass is 35.5. The summed E-state index contributed by atoms with van der Waals surface area (Å²) in [5, 5.41) is 6.32. The maximum absolute atomic E-state index is 13.0. The second kappa shape index (κ2) is 9.19. The lowest BCUT2D eigenvalue weighted by molar-refractivity contribution is -0.117. The number of carbonyl (C=O) groups excluding carboxylic acids is 2. The van der Waals surface area contributed by atoms with Gasteiger partial charge in [-0.2, -0.15) is 4.98 Å². The van der Waals surface area contributed by atoms with E-state index in [-0.39, 0.29) is 16.6 Å². The zero-order valence-electron chi connectivity index (χ0n) is 17.5. The normalized spacial score (nSPS) is 18.3. The van der Waals surface area contributed by atoms with Crippen molar-refractivity contribution < 1.29 is 14.0 Å². The molecule has 1 saturated carbocycles. The number of nitrogens with one attached hydrogen (secondary N) is 2. The minimum absolute atomic E-state index is 0.0248. The molecule has 2 amide bonds. The van der Waals surface area contributed by atoms with Crippen molar-refractivity contribution >= 4 is 92.6 Å². The lowest BCUT2D eigenvalue weighted by atomic mass is 10.1. The van der Waals surface area contributed by atoms with E-state index in [0.29, 0.717) is 32.4 Å². The summed E-state index contributed by atoms with van der Waals surface area (Å²) in [4.78, 5) is 30.0. The fourth-order valence-corrected chi connectivity index (χ4v) is 5.48. The van der Waals surface area contributed by atoms with Crippen LogP contribution in [0, 0.1) is 5.92 Å². The van der Waals surface area contributed by atoms with Crippen molar-refractivity contribution in [2.75, 3.05) is 10.6 Å². The van der Waals surface area contributed by atoms with Crippen LogP contribution in [0.4, 0.5) is 11.7 Å². The summed E-state index contributed by atoms with van der Waals surface area (Å²) in [6.45, 7) is 0. The first-order valence-electron chi connectivity index (χ1n) is 10.2. The Labute approximate surface area is 224 Å². The second-order valence-corrected chi connectivity index (χ2v) is 10.7. The highest BCUT2D eigenvalue weighted by Crippen LogP contribution is 2.65. The van der Waals surface area contributed by atoms with Crippen LogP contribution in [-0.2, 0) is 4.79 Å². The fourth-order valence-electron chi connectivity index (χ4n) is 3.91. The highest BCUT2D eigenvalue weighted by molar-refractivity contribution is 6.53. The van der Waals surface area contributed by atoms with E-state index in [1.165, 1.54) is 12.1 Å². The summed E-state index contributed by atoms with van der Waals surface area (Å²) < 4.78 is 4.19. The van der Waals surface area contributed by atoms with Crippen LogP contribution < -0.4 is 10.6 Å². The number of alkyl halides is 2. The number of oxazole rings is 1. The predicted octanol–water partition coefficient (Wildman–Crippen LogP) is 7.57. The summed E-state index contributed by atoms with van der Waals surface area (Å²) >= 11 is 31.2. The van der Waals surface area contributed by atoms with E-state index < -0.39 is 28.0 Å². The van der Waals surface area contributed by atoms with E-state index in [1.807, 2.05) is 0 Å². The van der Waals surface area contributed by atoms with Crippen molar-refractivity contribution in [1.82, 2.24) is 4.98 Å². The van der Waals surface area contributed by atoms with Gasteiger partial charge in [-0.3, -0.25) is 14.9 Å². The molecule has 1 fully saturated rings. The molecule has 0 radical (unpaired) electrons. The molecule has 3 aromatic carbocycles. The SMILES string of the molecule is O=C(Nc1nc2ccccc2o1)c1cc(NC(=O)[C@H]2[C@H](c3cc(Cl)cc(Cl)c3)C2(Cl)Cl)ccc1Cl. The monoisotopic (exact) mass is 567 g/mol. The Hall–Kier alpha value is -2.48. The molecule has 0 unspecified atom stereocenters. The quantitative estimate of drug-likeness (QED) is 0.243. The van der Waals surface area contributed by atoms with Gasteiger partial charge in [0.15, 0.2) is 5.58 Å². The standard InChI is InChI=1S/C24H14Cl5N3O3/c25-12-7-11(8-13(26)9-12)19-20(24(19,28)29)22(34)30-14-5-6-16(27)15(10-14)21(33)32-23-31-17-3-1-2-4-18(17)35-23/h1-10,19-20H,(H,30,34)(H,31,32,33)/t19-,20+/m0/s1. The molecule has 1 aromatic heterocycles. The fraction of sp³-hybridized carbons (Fsp3) is 0.125. The maximum atomic E-state index is 13.0. The van der Waals surface area contributed by atoms with Gasteiger partial charge in [-0.25, -0.2) is 0 Å². The van der Waals surface area contributed by atoms with Crippen LogP contribution in [0.5, 0.6) is 0 Å². The third-order valence-electron chi connectivity index (χ3n) is 5.57. The zero-order chi connectivity index (χ0) is 24.9. The number of fused-ring (bicyclic) bond motifs is 1. The number of para-hydroxylation sites is 2. The largest absolute Gasteiger partial charge is 0.423 e. The van der Waals surface area contributed by atoms with Crippen molar-refractivity contribution in [2.45, 2.75) is 10.3 Å². The van der Waals surface area contributed by atoms with E-state index in [1.54, 1.807) is 48.5 Å². The molecule has 0 aliphatic heterocycles. The number of benzene rings is 3. The number of halogens is 5. The number of carbonyl (C=O) groups is 2. The predicted molar refractivity (Wildman–Crippen MR) is 139 cm³/mol. The topological polar surface area (TPSA) is 84.2 Å². The smallest absolute Gasteiger partial charge is 0.302 e. The Morgan fingerprint density at radius 2 is 1.63 bits per heavy atom. The Balaban J connectivity index is 1.33. The average molecular weight is 570 g/mol. The van der Waals surface area contributed by atoms with E-state index in [4.69, 9.17) is 62.4 Å². The first-order chi connectivity index (χ1) is 16.6. The zero-order valence-corrected chi connectivity index (χ0v) is 21.3. The molecular weight excluding hydrogens is 556 g/mol. The lowest BCUT2D eigenvalue weighted by Gasteiger charge is -2.09. The van der Waals surface area contributed by atoms with E-state index in [9.17, 15) is 9.59 Å². The van der Waals surface area contributed by atoms with Crippen molar-refractivity contribution in [3.63, 3.8) is 0 Å². The van der Waals surface area contributed by atoms with Crippen LogP contribution in [0.25, 0.3) is 11.1 Å². The van der Waals surface area contributed by atoms with Gasteiger partial charge >= 0.3 is 6.01 Å². The molecule has 11 heteroatoms. The van der Waals surface area contributed by atoms with Crippen molar-refractivity contribution in [1.29, 1.82) is 0 Å². The number of hydrogen-bond acceptors (Lipinski definition) is 4. The van der Waals surface area contributed by atoms with E-state index in [2.05, 4.69) is 15.6 Å². The van der Waals surface area contributed by atoms with Crippen LogP contribution >= 0.6 is 58.0 Å². The van der Waals surface area contributed by atoms with Crippen molar-refractivity contribution in [3.8, 4) is 0 Å².